The van der Waals surface area contributed by atoms with Gasteiger partial charge in [-0.15, -0.1) is 5.10 Å². The molecule has 0 radical (unpaired) electrons. The number of nitrogens with one attached hydrogen (secondary N) is 1. The van der Waals surface area contributed by atoms with Crippen LogP contribution in [0, 0.1) is 5.41 Å². The number of benzene rings is 1. The molecule has 1 aromatic carbocycles. The lowest BCUT2D eigenvalue weighted by Crippen LogP contribution is -2.32. The molecular weight excluding hydrogens is 424 g/mol. The summed E-state index contributed by atoms with van der Waals surface area (Å²) >= 11 is 1.30. The van der Waals surface area contributed by atoms with Gasteiger partial charge < -0.3 is 10.1 Å². The van der Waals surface area contributed by atoms with Crippen LogP contribution >= 0.6 is 11.8 Å². The number of aromatic nitrogens is 3. The summed E-state index contributed by atoms with van der Waals surface area (Å²) in [4.78, 5) is 29.6. The molecular formula is C24H30N4O3S. The van der Waals surface area contributed by atoms with E-state index in [0.29, 0.717) is 41.1 Å². The highest BCUT2D eigenvalue weighted by Gasteiger charge is 2.61. The molecule has 1 N–H and O–H groups in total. The summed E-state index contributed by atoms with van der Waals surface area (Å²) < 4.78 is 5.58. The van der Waals surface area contributed by atoms with Gasteiger partial charge in [-0.05, 0) is 43.4 Å². The molecule has 2 aliphatic carbocycles. The van der Waals surface area contributed by atoms with Crippen molar-refractivity contribution in [2.75, 3.05) is 17.7 Å². The second-order valence-electron chi connectivity index (χ2n) is 9.23. The van der Waals surface area contributed by atoms with Crippen LogP contribution in [-0.2, 0) is 10.2 Å². The number of amides is 1. The highest BCUT2D eigenvalue weighted by Crippen LogP contribution is 2.66. The van der Waals surface area contributed by atoms with E-state index < -0.39 is 0 Å². The fourth-order valence-electron chi connectivity index (χ4n) is 4.96. The van der Waals surface area contributed by atoms with Crippen molar-refractivity contribution in [3.63, 3.8) is 0 Å². The van der Waals surface area contributed by atoms with Gasteiger partial charge in [0.2, 0.25) is 11.1 Å². The van der Waals surface area contributed by atoms with Gasteiger partial charge in [-0.25, -0.2) is 4.98 Å². The molecule has 1 saturated carbocycles. The Labute approximate surface area is 193 Å². The molecule has 1 aromatic heterocycles. The lowest BCUT2D eigenvalue weighted by Gasteiger charge is -2.33. The van der Waals surface area contributed by atoms with Crippen LogP contribution in [0.3, 0.4) is 0 Å². The largest absolute Gasteiger partial charge is 0.492 e. The molecule has 1 fully saturated rings. The SMILES string of the molecule is CCOc1ccc(C(=O)CSc2nnc3c(n2)C2(C)CCC3C2(C)C)cc1NC(=O)CC. The Bertz CT molecular complexity index is 1070. The molecule has 2 bridgehead atoms. The average Bonchev–Trinajstić information content (AvgIpc) is 3.11. The number of carbonyl (C=O) groups is 2. The minimum atomic E-state index is -0.131. The maximum atomic E-state index is 12.9. The Morgan fingerprint density at radius 3 is 2.72 bits per heavy atom. The van der Waals surface area contributed by atoms with E-state index in [4.69, 9.17) is 9.72 Å². The van der Waals surface area contributed by atoms with Crippen molar-refractivity contribution in [1.82, 2.24) is 15.2 Å². The van der Waals surface area contributed by atoms with Crippen LogP contribution in [-0.4, -0.2) is 39.2 Å². The van der Waals surface area contributed by atoms with Crippen LogP contribution < -0.4 is 10.1 Å². The molecule has 0 spiro atoms. The van der Waals surface area contributed by atoms with Gasteiger partial charge in [0.25, 0.3) is 0 Å². The Morgan fingerprint density at radius 2 is 2.00 bits per heavy atom. The lowest BCUT2D eigenvalue weighted by molar-refractivity contribution is -0.115. The third kappa shape index (κ3) is 3.68. The molecule has 0 aliphatic heterocycles. The molecule has 2 unspecified atom stereocenters. The van der Waals surface area contributed by atoms with Crippen LogP contribution in [0.15, 0.2) is 23.4 Å². The first-order valence-corrected chi connectivity index (χ1v) is 12.2. The topological polar surface area (TPSA) is 94.1 Å². The van der Waals surface area contributed by atoms with Gasteiger partial charge in [0.05, 0.1) is 29.4 Å². The van der Waals surface area contributed by atoms with E-state index in [0.717, 1.165) is 24.2 Å². The summed E-state index contributed by atoms with van der Waals surface area (Å²) in [5.74, 6) is 0.953. The fraction of sp³-hybridized carbons (Fsp3) is 0.542. The lowest BCUT2D eigenvalue weighted by atomic mass is 9.70. The third-order valence-electron chi connectivity index (χ3n) is 7.30. The van der Waals surface area contributed by atoms with Crippen LogP contribution in [0.2, 0.25) is 0 Å². The number of hydrogen-bond donors (Lipinski definition) is 1. The molecule has 4 rings (SSSR count). The molecule has 2 aromatic rings. The number of carbonyl (C=O) groups excluding carboxylic acids is 2. The van der Waals surface area contributed by atoms with E-state index in [1.165, 1.54) is 11.8 Å². The van der Waals surface area contributed by atoms with Gasteiger partial charge in [-0.1, -0.05) is 39.5 Å². The Hall–Kier alpha value is -2.48. The van der Waals surface area contributed by atoms with Gasteiger partial charge >= 0.3 is 0 Å². The molecule has 170 valence electrons. The zero-order valence-electron chi connectivity index (χ0n) is 19.3. The normalized spacial score (nSPS) is 22.5. The smallest absolute Gasteiger partial charge is 0.224 e. The summed E-state index contributed by atoms with van der Waals surface area (Å²) in [6.45, 7) is 11.0. The molecule has 8 heteroatoms. The first-order valence-electron chi connectivity index (χ1n) is 11.2. The van der Waals surface area contributed by atoms with Crippen molar-refractivity contribution in [3.05, 3.63) is 35.2 Å². The second kappa shape index (κ2) is 8.46. The van der Waals surface area contributed by atoms with Crippen molar-refractivity contribution in [2.24, 2.45) is 5.41 Å². The summed E-state index contributed by atoms with van der Waals surface area (Å²) in [5.41, 5.74) is 3.22. The van der Waals surface area contributed by atoms with E-state index in [1.54, 1.807) is 25.1 Å². The van der Waals surface area contributed by atoms with Crippen molar-refractivity contribution in [2.45, 2.75) is 70.4 Å². The second-order valence-corrected chi connectivity index (χ2v) is 10.2. The maximum absolute atomic E-state index is 12.9. The summed E-state index contributed by atoms with van der Waals surface area (Å²) in [5, 5.41) is 12.2. The minimum absolute atomic E-state index is 0.00372. The molecule has 1 amide bonds. The number of fused-ring (bicyclic) bond motifs is 5. The molecule has 2 aliphatic rings. The van der Waals surface area contributed by atoms with Crippen LogP contribution in [0.4, 0.5) is 5.69 Å². The van der Waals surface area contributed by atoms with Gasteiger partial charge in [-0.2, -0.15) is 5.10 Å². The standard InChI is InChI=1S/C24H30N4O3S/c1-6-19(30)25-16-12-14(8-9-18(16)31-7-2)17(29)13-32-22-26-21-20(27-28-22)15-10-11-24(21,5)23(15,3)4/h8-9,12,15H,6-7,10-11,13H2,1-5H3,(H,25,30). The maximum Gasteiger partial charge on any atom is 0.224 e. The van der Waals surface area contributed by atoms with Crippen molar-refractivity contribution < 1.29 is 14.3 Å². The zero-order chi connectivity index (χ0) is 23.1. The van der Waals surface area contributed by atoms with Crippen molar-refractivity contribution in [1.29, 1.82) is 0 Å². The monoisotopic (exact) mass is 454 g/mol. The first-order chi connectivity index (χ1) is 15.2. The molecule has 32 heavy (non-hydrogen) atoms. The van der Waals surface area contributed by atoms with E-state index >= 15 is 0 Å². The number of Topliss-reactive ketones (excluding diaryl/α,β-unsaturated/α-hetero) is 1. The fourth-order valence-corrected chi connectivity index (χ4v) is 5.64. The van der Waals surface area contributed by atoms with E-state index in [9.17, 15) is 9.59 Å². The van der Waals surface area contributed by atoms with Crippen LogP contribution in [0.1, 0.15) is 81.5 Å². The van der Waals surface area contributed by atoms with Gasteiger partial charge in [0, 0.05) is 23.3 Å². The Kier molecular flexibility index (Phi) is 6.00. The molecule has 7 nitrogen and oxygen atoms in total. The molecule has 2 atom stereocenters. The summed E-state index contributed by atoms with van der Waals surface area (Å²) in [6.07, 6.45) is 2.59. The Morgan fingerprint density at radius 1 is 1.22 bits per heavy atom. The summed E-state index contributed by atoms with van der Waals surface area (Å²) in [7, 11) is 0. The van der Waals surface area contributed by atoms with E-state index in [2.05, 4.69) is 36.3 Å². The van der Waals surface area contributed by atoms with Gasteiger partial charge in [0.1, 0.15) is 5.75 Å². The van der Waals surface area contributed by atoms with Crippen LogP contribution in [0.5, 0.6) is 5.75 Å². The minimum Gasteiger partial charge on any atom is -0.492 e. The number of ether oxygens (including phenoxy) is 1. The molecule has 0 saturated heterocycles. The van der Waals surface area contributed by atoms with E-state index in [-0.39, 0.29) is 28.3 Å². The highest BCUT2D eigenvalue weighted by atomic mass is 32.2. The van der Waals surface area contributed by atoms with E-state index in [1.807, 2.05) is 6.92 Å². The van der Waals surface area contributed by atoms with Gasteiger partial charge in [0.15, 0.2) is 5.78 Å². The van der Waals surface area contributed by atoms with Crippen LogP contribution in [0.25, 0.3) is 0 Å². The van der Waals surface area contributed by atoms with Gasteiger partial charge in [-0.3, -0.25) is 9.59 Å². The van der Waals surface area contributed by atoms with Crippen molar-refractivity contribution >= 4 is 29.1 Å². The predicted molar refractivity (Wildman–Crippen MR) is 125 cm³/mol. The Balaban J connectivity index is 1.49. The number of anilines is 1. The summed E-state index contributed by atoms with van der Waals surface area (Å²) in [6, 6.07) is 5.12. The number of nitrogens with zero attached hydrogens (tertiary/aromatic N) is 3. The number of thioether (sulfide) groups is 1. The number of rotatable bonds is 8. The third-order valence-corrected chi connectivity index (χ3v) is 8.14. The predicted octanol–water partition coefficient (Wildman–Crippen LogP) is 4.77. The first kappa shape index (κ1) is 22.7. The quantitative estimate of drug-likeness (QED) is 0.453. The number of ketones is 1. The average molecular weight is 455 g/mol. The number of hydrogen-bond acceptors (Lipinski definition) is 7. The zero-order valence-corrected chi connectivity index (χ0v) is 20.1. The molecule has 1 heterocycles. The highest BCUT2D eigenvalue weighted by molar-refractivity contribution is 7.99. The van der Waals surface area contributed by atoms with Crippen molar-refractivity contribution in [3.8, 4) is 5.75 Å².